The van der Waals surface area contributed by atoms with Crippen molar-refractivity contribution >= 4 is 0 Å². The van der Waals surface area contributed by atoms with Crippen molar-refractivity contribution in [2.75, 3.05) is 0 Å². The van der Waals surface area contributed by atoms with Crippen molar-refractivity contribution in [3.63, 3.8) is 0 Å². The molecular formula is C22H46. The third-order valence-corrected chi connectivity index (χ3v) is 6.82. The molecule has 0 aliphatic carbocycles. The fraction of sp³-hybridized carbons (Fsp3) is 1.00. The van der Waals surface area contributed by atoms with E-state index in [1.807, 2.05) is 0 Å². The van der Waals surface area contributed by atoms with E-state index < -0.39 is 0 Å². The van der Waals surface area contributed by atoms with Gasteiger partial charge in [0.1, 0.15) is 0 Å². The molecule has 0 heteroatoms. The quantitative estimate of drug-likeness (QED) is 0.343. The summed E-state index contributed by atoms with van der Waals surface area (Å²) in [5, 5.41) is 0. The van der Waals surface area contributed by atoms with Gasteiger partial charge in [-0.05, 0) is 54.3 Å². The maximum absolute atomic E-state index is 2.59. The molecule has 0 heterocycles. The Morgan fingerprint density at radius 3 is 1.77 bits per heavy atom. The molecule has 0 amide bonds. The van der Waals surface area contributed by atoms with E-state index in [9.17, 15) is 0 Å². The Labute approximate surface area is 142 Å². The van der Waals surface area contributed by atoms with Gasteiger partial charge in [-0.3, -0.25) is 0 Å². The molecule has 134 valence electrons. The van der Waals surface area contributed by atoms with E-state index in [1.165, 1.54) is 44.9 Å². The van der Waals surface area contributed by atoms with Crippen LogP contribution >= 0.6 is 0 Å². The van der Waals surface area contributed by atoms with Gasteiger partial charge in [-0.15, -0.1) is 0 Å². The maximum Gasteiger partial charge on any atom is -0.0295 e. The molecule has 0 aromatic rings. The van der Waals surface area contributed by atoms with Crippen LogP contribution in [-0.2, 0) is 0 Å². The SMILES string of the molecule is CCCC(C(C)C(C)CC(C)CC)C(C)(CC)CC(C)CC. The molecule has 0 spiro atoms. The first-order chi connectivity index (χ1) is 10.2. The van der Waals surface area contributed by atoms with Gasteiger partial charge in [-0.2, -0.15) is 0 Å². The average Bonchev–Trinajstić information content (AvgIpc) is 2.51. The van der Waals surface area contributed by atoms with Gasteiger partial charge in [-0.25, -0.2) is 0 Å². The van der Waals surface area contributed by atoms with Gasteiger partial charge in [0.2, 0.25) is 0 Å². The van der Waals surface area contributed by atoms with E-state index in [0.717, 1.165) is 29.6 Å². The molecule has 0 rings (SSSR count). The van der Waals surface area contributed by atoms with E-state index in [2.05, 4.69) is 62.3 Å². The zero-order chi connectivity index (χ0) is 17.3. The van der Waals surface area contributed by atoms with E-state index in [-0.39, 0.29) is 0 Å². The zero-order valence-corrected chi connectivity index (χ0v) is 17.3. The molecule has 0 aliphatic rings. The molecule has 0 fully saturated rings. The highest BCUT2D eigenvalue weighted by molar-refractivity contribution is 4.87. The highest BCUT2D eigenvalue weighted by Crippen LogP contribution is 2.47. The average molecular weight is 311 g/mol. The van der Waals surface area contributed by atoms with Crippen LogP contribution in [0.5, 0.6) is 0 Å². The van der Waals surface area contributed by atoms with Crippen LogP contribution in [0.3, 0.4) is 0 Å². The summed E-state index contributed by atoms with van der Waals surface area (Å²) in [6.07, 6.45) is 9.54. The molecule has 0 aromatic carbocycles. The summed E-state index contributed by atoms with van der Waals surface area (Å²) in [5.41, 5.74) is 0.522. The molecule has 0 aliphatic heterocycles. The lowest BCUT2D eigenvalue weighted by molar-refractivity contribution is 0.0522. The van der Waals surface area contributed by atoms with Gasteiger partial charge >= 0.3 is 0 Å². The molecule has 6 unspecified atom stereocenters. The number of hydrogen-bond acceptors (Lipinski definition) is 0. The summed E-state index contributed by atoms with van der Waals surface area (Å²) in [7, 11) is 0. The molecule has 0 bridgehead atoms. The Balaban J connectivity index is 5.12. The van der Waals surface area contributed by atoms with E-state index in [1.54, 1.807) is 0 Å². The highest BCUT2D eigenvalue weighted by atomic mass is 14.4. The summed E-state index contributed by atoms with van der Waals surface area (Å²) < 4.78 is 0. The first-order valence-corrected chi connectivity index (χ1v) is 10.2. The van der Waals surface area contributed by atoms with Crippen LogP contribution < -0.4 is 0 Å². The van der Waals surface area contributed by atoms with Crippen molar-refractivity contribution in [2.45, 2.75) is 107 Å². The normalized spacial score (nSPS) is 21.7. The van der Waals surface area contributed by atoms with E-state index in [4.69, 9.17) is 0 Å². The molecule has 0 radical (unpaired) electrons. The monoisotopic (exact) mass is 310 g/mol. The van der Waals surface area contributed by atoms with Crippen LogP contribution in [0.4, 0.5) is 0 Å². The summed E-state index contributed by atoms with van der Waals surface area (Å²) in [6.45, 7) is 22.0. The zero-order valence-electron chi connectivity index (χ0n) is 17.3. The van der Waals surface area contributed by atoms with Gasteiger partial charge in [0.15, 0.2) is 0 Å². The minimum absolute atomic E-state index is 0.522. The van der Waals surface area contributed by atoms with Crippen molar-refractivity contribution in [2.24, 2.45) is 35.0 Å². The predicted octanol–water partition coefficient (Wildman–Crippen LogP) is 7.96. The van der Waals surface area contributed by atoms with Gasteiger partial charge in [0, 0.05) is 0 Å². The van der Waals surface area contributed by atoms with Crippen LogP contribution in [0.2, 0.25) is 0 Å². The Bertz CT molecular complexity index is 269. The lowest BCUT2D eigenvalue weighted by Gasteiger charge is -2.44. The fourth-order valence-electron chi connectivity index (χ4n) is 4.47. The van der Waals surface area contributed by atoms with Crippen LogP contribution in [0.1, 0.15) is 107 Å². The summed E-state index contributed by atoms with van der Waals surface area (Å²) in [6, 6.07) is 0. The lowest BCUT2D eigenvalue weighted by atomic mass is 9.61. The van der Waals surface area contributed by atoms with Crippen molar-refractivity contribution in [1.29, 1.82) is 0 Å². The lowest BCUT2D eigenvalue weighted by Crippen LogP contribution is -2.36. The van der Waals surface area contributed by atoms with Gasteiger partial charge in [0.05, 0.1) is 0 Å². The topological polar surface area (TPSA) is 0 Å². The Kier molecular flexibility index (Phi) is 10.7. The van der Waals surface area contributed by atoms with Gasteiger partial charge in [0.25, 0.3) is 0 Å². The second kappa shape index (κ2) is 10.7. The molecule has 0 saturated heterocycles. The van der Waals surface area contributed by atoms with Gasteiger partial charge in [-0.1, -0.05) is 88.0 Å². The first-order valence-electron chi connectivity index (χ1n) is 10.2. The third kappa shape index (κ3) is 6.63. The molecule has 0 aromatic heterocycles. The molecule has 0 N–H and O–H groups in total. The first kappa shape index (κ1) is 22.0. The molecular weight excluding hydrogens is 264 g/mol. The van der Waals surface area contributed by atoms with Crippen molar-refractivity contribution in [3.8, 4) is 0 Å². The highest BCUT2D eigenvalue weighted by Gasteiger charge is 2.38. The molecule has 0 nitrogen and oxygen atoms in total. The van der Waals surface area contributed by atoms with Crippen LogP contribution in [0.15, 0.2) is 0 Å². The number of hydrogen-bond donors (Lipinski definition) is 0. The summed E-state index contributed by atoms with van der Waals surface area (Å²) in [5.74, 6) is 4.33. The minimum atomic E-state index is 0.522. The Morgan fingerprint density at radius 2 is 1.36 bits per heavy atom. The van der Waals surface area contributed by atoms with Crippen molar-refractivity contribution in [3.05, 3.63) is 0 Å². The molecule has 6 atom stereocenters. The molecule has 0 saturated carbocycles. The van der Waals surface area contributed by atoms with E-state index >= 15 is 0 Å². The van der Waals surface area contributed by atoms with Crippen molar-refractivity contribution < 1.29 is 0 Å². The van der Waals surface area contributed by atoms with Crippen molar-refractivity contribution in [1.82, 2.24) is 0 Å². The maximum atomic E-state index is 2.59. The van der Waals surface area contributed by atoms with Crippen LogP contribution in [0.25, 0.3) is 0 Å². The Morgan fingerprint density at radius 1 is 0.818 bits per heavy atom. The van der Waals surface area contributed by atoms with Gasteiger partial charge < -0.3 is 0 Å². The number of rotatable bonds is 12. The largest absolute Gasteiger partial charge is 0.0654 e. The minimum Gasteiger partial charge on any atom is -0.0654 e. The second-order valence-electron chi connectivity index (χ2n) is 8.71. The third-order valence-electron chi connectivity index (χ3n) is 6.82. The smallest absolute Gasteiger partial charge is 0.0295 e. The summed E-state index contributed by atoms with van der Waals surface area (Å²) in [4.78, 5) is 0. The second-order valence-corrected chi connectivity index (χ2v) is 8.71. The predicted molar refractivity (Wildman–Crippen MR) is 103 cm³/mol. The molecule has 22 heavy (non-hydrogen) atoms. The van der Waals surface area contributed by atoms with E-state index in [0.29, 0.717) is 5.41 Å². The van der Waals surface area contributed by atoms with Crippen LogP contribution in [0, 0.1) is 35.0 Å². The standard InChI is InChI=1S/C22H46/c1-10-14-21(20(8)19(7)15-17(5)11-2)22(9,13-4)16-18(6)12-3/h17-21H,10-16H2,1-9H3. The Hall–Kier alpha value is 0. The van der Waals surface area contributed by atoms with Crippen LogP contribution in [-0.4, -0.2) is 0 Å². The summed E-state index contributed by atoms with van der Waals surface area (Å²) >= 11 is 0. The fourth-order valence-corrected chi connectivity index (χ4v) is 4.47.